The Kier molecular flexibility index (Phi) is 5.07. The van der Waals surface area contributed by atoms with E-state index in [2.05, 4.69) is 15.0 Å². The Morgan fingerprint density at radius 2 is 1.77 bits per heavy atom. The molecule has 3 aromatic carbocycles. The molecule has 1 aromatic heterocycles. The maximum atomic E-state index is 11.6. The van der Waals surface area contributed by atoms with Gasteiger partial charge < -0.3 is 10.1 Å². The highest BCUT2D eigenvalue weighted by Gasteiger charge is 2.18. The van der Waals surface area contributed by atoms with Crippen molar-refractivity contribution >= 4 is 54.6 Å². The molecule has 0 spiro atoms. The zero-order valence-corrected chi connectivity index (χ0v) is 17.4. The number of hydrogen-bond donors (Lipinski definition) is 2. The first kappa shape index (κ1) is 20.4. The molecule has 158 valence electrons. The van der Waals surface area contributed by atoms with Gasteiger partial charge in [-0.1, -0.05) is 30.3 Å². The lowest BCUT2D eigenvalue weighted by Gasteiger charge is -2.15. The Balaban J connectivity index is 1.89. The number of rotatable bonds is 6. The molecule has 0 aliphatic heterocycles. The van der Waals surface area contributed by atoms with Gasteiger partial charge in [0, 0.05) is 28.6 Å². The zero-order valence-electron chi connectivity index (χ0n) is 16.6. The van der Waals surface area contributed by atoms with Crippen LogP contribution in [0.1, 0.15) is 0 Å². The number of methoxy groups -OCH3 is 1. The van der Waals surface area contributed by atoms with E-state index in [1.54, 1.807) is 36.4 Å². The molecule has 9 nitrogen and oxygen atoms in total. The summed E-state index contributed by atoms with van der Waals surface area (Å²) in [6, 6.07) is 17.0. The summed E-state index contributed by atoms with van der Waals surface area (Å²) < 4.78 is 30.9. The standard InChI is InChI=1S/C21H18N4O5S/c1-30-19-12-13(10-11-17(19)24-31(2,28)29)22-20-14-6-3-4-8-16(14)23-21-15(20)7-5-9-18(21)25(26)27/h3-12,24H,1-2H3,(H,22,23). The number of nitrogens with zero attached hydrogens (tertiary/aromatic N) is 2. The number of para-hydroxylation sites is 2. The highest BCUT2D eigenvalue weighted by Crippen LogP contribution is 2.38. The van der Waals surface area contributed by atoms with E-state index in [1.807, 2.05) is 18.2 Å². The quantitative estimate of drug-likeness (QED) is 0.259. The van der Waals surface area contributed by atoms with Gasteiger partial charge in [0.1, 0.15) is 5.75 Å². The number of non-ortho nitro benzene ring substituents is 1. The fraction of sp³-hybridized carbons (Fsp3) is 0.0952. The van der Waals surface area contributed by atoms with E-state index >= 15 is 0 Å². The van der Waals surface area contributed by atoms with Crippen molar-refractivity contribution in [2.45, 2.75) is 0 Å². The first-order valence-electron chi connectivity index (χ1n) is 9.15. The summed E-state index contributed by atoms with van der Waals surface area (Å²) in [5.41, 5.74) is 2.35. The number of nitrogens with one attached hydrogen (secondary N) is 2. The lowest BCUT2D eigenvalue weighted by atomic mass is 10.1. The third-order valence-corrected chi connectivity index (χ3v) is 5.24. The van der Waals surface area contributed by atoms with Gasteiger partial charge in [-0.05, 0) is 18.2 Å². The van der Waals surface area contributed by atoms with Crippen LogP contribution in [0.5, 0.6) is 5.75 Å². The average Bonchev–Trinajstić information content (AvgIpc) is 2.73. The maximum absolute atomic E-state index is 11.6. The molecule has 0 aliphatic rings. The third kappa shape index (κ3) is 4.05. The van der Waals surface area contributed by atoms with E-state index in [-0.39, 0.29) is 11.2 Å². The van der Waals surface area contributed by atoms with Crippen molar-refractivity contribution in [2.24, 2.45) is 0 Å². The highest BCUT2D eigenvalue weighted by atomic mass is 32.2. The van der Waals surface area contributed by atoms with E-state index in [9.17, 15) is 18.5 Å². The van der Waals surface area contributed by atoms with Crippen molar-refractivity contribution in [3.05, 3.63) is 70.8 Å². The second kappa shape index (κ2) is 7.73. The zero-order chi connectivity index (χ0) is 22.2. The summed E-state index contributed by atoms with van der Waals surface area (Å²) in [5.74, 6) is 0.323. The van der Waals surface area contributed by atoms with Crippen LogP contribution >= 0.6 is 0 Å². The molecule has 31 heavy (non-hydrogen) atoms. The number of benzene rings is 3. The largest absolute Gasteiger partial charge is 0.494 e. The number of nitro benzene ring substituents is 1. The Morgan fingerprint density at radius 1 is 1.03 bits per heavy atom. The van der Waals surface area contributed by atoms with E-state index in [0.29, 0.717) is 33.7 Å². The van der Waals surface area contributed by atoms with Crippen molar-refractivity contribution in [3.8, 4) is 5.75 Å². The minimum Gasteiger partial charge on any atom is -0.494 e. The van der Waals surface area contributed by atoms with Crippen molar-refractivity contribution in [2.75, 3.05) is 23.4 Å². The Hall–Kier alpha value is -3.92. The van der Waals surface area contributed by atoms with Crippen molar-refractivity contribution in [3.63, 3.8) is 0 Å². The van der Waals surface area contributed by atoms with Gasteiger partial charge in [-0.15, -0.1) is 0 Å². The molecule has 0 bridgehead atoms. The summed E-state index contributed by atoms with van der Waals surface area (Å²) in [4.78, 5) is 15.6. The molecule has 0 saturated carbocycles. The number of hydrogen-bond acceptors (Lipinski definition) is 7. The summed E-state index contributed by atoms with van der Waals surface area (Å²) in [7, 11) is -2.04. The smallest absolute Gasteiger partial charge is 0.295 e. The second-order valence-electron chi connectivity index (χ2n) is 6.85. The molecule has 0 saturated heterocycles. The maximum Gasteiger partial charge on any atom is 0.295 e. The second-order valence-corrected chi connectivity index (χ2v) is 8.60. The molecule has 1 heterocycles. The highest BCUT2D eigenvalue weighted by molar-refractivity contribution is 7.92. The molecule has 0 radical (unpaired) electrons. The lowest BCUT2D eigenvalue weighted by Crippen LogP contribution is -2.10. The lowest BCUT2D eigenvalue weighted by molar-refractivity contribution is -0.383. The monoisotopic (exact) mass is 438 g/mol. The minimum absolute atomic E-state index is 0.0865. The summed E-state index contributed by atoms with van der Waals surface area (Å²) in [6.07, 6.45) is 1.06. The molecule has 0 fully saturated rings. The van der Waals surface area contributed by atoms with Crippen LogP contribution in [0, 0.1) is 10.1 Å². The summed E-state index contributed by atoms with van der Waals surface area (Å²) in [5, 5.41) is 16.2. The molecule has 0 atom stereocenters. The van der Waals surface area contributed by atoms with Gasteiger partial charge >= 0.3 is 0 Å². The molecular weight excluding hydrogens is 420 g/mol. The first-order valence-corrected chi connectivity index (χ1v) is 11.0. The number of anilines is 3. The summed E-state index contributed by atoms with van der Waals surface area (Å²) in [6.45, 7) is 0. The fourth-order valence-electron chi connectivity index (χ4n) is 3.38. The molecule has 4 rings (SSSR count). The van der Waals surface area contributed by atoms with E-state index < -0.39 is 14.9 Å². The van der Waals surface area contributed by atoms with Crippen LogP contribution in [-0.2, 0) is 10.0 Å². The molecule has 0 unspecified atom stereocenters. The van der Waals surface area contributed by atoms with E-state index in [1.165, 1.54) is 13.2 Å². The van der Waals surface area contributed by atoms with Crippen LogP contribution in [0.4, 0.5) is 22.7 Å². The predicted molar refractivity (Wildman–Crippen MR) is 121 cm³/mol. The Bertz CT molecular complexity index is 1440. The van der Waals surface area contributed by atoms with E-state index in [0.717, 1.165) is 11.6 Å². The fourth-order valence-corrected chi connectivity index (χ4v) is 3.95. The van der Waals surface area contributed by atoms with Gasteiger partial charge in [-0.2, -0.15) is 0 Å². The van der Waals surface area contributed by atoms with Crippen LogP contribution < -0.4 is 14.8 Å². The average molecular weight is 438 g/mol. The minimum atomic E-state index is -3.47. The van der Waals surface area contributed by atoms with Crippen LogP contribution in [0.3, 0.4) is 0 Å². The van der Waals surface area contributed by atoms with Gasteiger partial charge in [0.25, 0.3) is 5.69 Å². The van der Waals surface area contributed by atoms with Crippen molar-refractivity contribution in [1.29, 1.82) is 0 Å². The van der Waals surface area contributed by atoms with Gasteiger partial charge in [0.2, 0.25) is 10.0 Å². The normalized spacial score (nSPS) is 11.4. The molecular formula is C21H18N4O5S. The number of aromatic nitrogens is 1. The van der Waals surface area contributed by atoms with Crippen LogP contribution in [-0.4, -0.2) is 31.7 Å². The molecule has 0 aliphatic carbocycles. The van der Waals surface area contributed by atoms with Gasteiger partial charge in [-0.3, -0.25) is 14.8 Å². The Labute approximate surface area is 177 Å². The Morgan fingerprint density at radius 3 is 2.48 bits per heavy atom. The predicted octanol–water partition coefficient (Wildman–Crippen LogP) is 4.42. The van der Waals surface area contributed by atoms with Crippen molar-refractivity contribution in [1.82, 2.24) is 4.98 Å². The number of nitro groups is 1. The topological polar surface area (TPSA) is 123 Å². The van der Waals surface area contributed by atoms with Crippen LogP contribution in [0.15, 0.2) is 60.7 Å². The number of ether oxygens (including phenoxy) is 1. The summed E-state index contributed by atoms with van der Waals surface area (Å²) >= 11 is 0. The number of fused-ring (bicyclic) bond motifs is 2. The van der Waals surface area contributed by atoms with Crippen molar-refractivity contribution < 1.29 is 18.1 Å². The third-order valence-electron chi connectivity index (χ3n) is 4.65. The van der Waals surface area contributed by atoms with Gasteiger partial charge in [0.15, 0.2) is 5.52 Å². The molecule has 4 aromatic rings. The van der Waals surface area contributed by atoms with E-state index in [4.69, 9.17) is 4.74 Å². The van der Waals surface area contributed by atoms with Gasteiger partial charge in [0.05, 0.1) is 35.2 Å². The first-order chi connectivity index (χ1) is 14.8. The van der Waals surface area contributed by atoms with Crippen LogP contribution in [0.25, 0.3) is 21.8 Å². The number of pyridine rings is 1. The number of sulfonamides is 1. The van der Waals surface area contributed by atoms with Gasteiger partial charge in [-0.25, -0.2) is 13.4 Å². The molecule has 2 N–H and O–H groups in total. The SMILES string of the molecule is COc1cc(Nc2c3ccccc3nc3c([N+](=O)[O-])cccc23)ccc1NS(C)(=O)=O. The van der Waals surface area contributed by atoms with Crippen LogP contribution in [0.2, 0.25) is 0 Å². The molecule has 10 heteroatoms. The molecule has 0 amide bonds.